The Hall–Kier alpha value is -2.73. The van der Waals surface area contributed by atoms with Crippen molar-refractivity contribution in [1.29, 1.82) is 0 Å². The summed E-state index contributed by atoms with van der Waals surface area (Å²) in [6, 6.07) is 16.0. The van der Waals surface area contributed by atoms with E-state index in [1.54, 1.807) is 0 Å². The van der Waals surface area contributed by atoms with E-state index in [2.05, 4.69) is 35.4 Å². The second kappa shape index (κ2) is 8.31. The molecule has 1 amide bonds. The van der Waals surface area contributed by atoms with Gasteiger partial charge in [-0.15, -0.1) is 0 Å². The average Bonchev–Trinajstić information content (AvgIpc) is 3.01. The van der Waals surface area contributed by atoms with Crippen LogP contribution in [0.1, 0.15) is 37.3 Å². The number of hydrogen-bond donors (Lipinski definition) is 2. The number of amides is 1. The Morgan fingerprint density at radius 1 is 1.22 bits per heavy atom. The third-order valence-corrected chi connectivity index (χ3v) is 4.78. The number of rotatable bonds is 6. The van der Waals surface area contributed by atoms with Gasteiger partial charge in [-0.2, -0.15) is 5.10 Å². The van der Waals surface area contributed by atoms with Gasteiger partial charge in [-0.25, -0.2) is 0 Å². The summed E-state index contributed by atoms with van der Waals surface area (Å²) in [5.74, 6) is 1.12. The van der Waals surface area contributed by atoms with Crippen molar-refractivity contribution in [2.45, 2.75) is 39.7 Å². The van der Waals surface area contributed by atoms with Crippen LogP contribution in [-0.2, 0) is 11.3 Å². The van der Waals surface area contributed by atoms with Gasteiger partial charge in [0.05, 0.1) is 0 Å². The molecule has 0 unspecified atom stereocenters. The van der Waals surface area contributed by atoms with E-state index in [9.17, 15) is 4.79 Å². The average molecular weight is 381 g/mol. The van der Waals surface area contributed by atoms with E-state index < -0.39 is 0 Å². The molecule has 0 aliphatic carbocycles. The maximum absolute atomic E-state index is 12.4. The number of carbonyl (C=O) groups is 1. The van der Waals surface area contributed by atoms with Crippen LogP contribution in [0.4, 0.5) is 5.69 Å². The first-order valence-corrected chi connectivity index (χ1v) is 9.47. The van der Waals surface area contributed by atoms with Crippen molar-refractivity contribution in [3.63, 3.8) is 0 Å². The van der Waals surface area contributed by atoms with Crippen molar-refractivity contribution in [1.82, 2.24) is 14.8 Å². The lowest BCUT2D eigenvalue weighted by Gasteiger charge is -2.10. The molecule has 1 aromatic heterocycles. The highest BCUT2D eigenvalue weighted by Crippen LogP contribution is 2.20. The van der Waals surface area contributed by atoms with Gasteiger partial charge < -0.3 is 5.32 Å². The third kappa shape index (κ3) is 4.71. The molecule has 0 radical (unpaired) electrons. The van der Waals surface area contributed by atoms with Crippen LogP contribution in [0.2, 0.25) is 0 Å². The summed E-state index contributed by atoms with van der Waals surface area (Å²) >= 11 is 5.34. The van der Waals surface area contributed by atoms with Gasteiger partial charge in [-0.1, -0.05) is 55.8 Å². The summed E-state index contributed by atoms with van der Waals surface area (Å²) in [4.78, 5) is 12.4. The highest BCUT2D eigenvalue weighted by molar-refractivity contribution is 7.71. The molecule has 27 heavy (non-hydrogen) atoms. The molecule has 140 valence electrons. The first-order valence-electron chi connectivity index (χ1n) is 9.06. The Balaban J connectivity index is 1.69. The molecule has 0 saturated heterocycles. The molecule has 6 heteroatoms. The molecule has 3 rings (SSSR count). The fourth-order valence-corrected chi connectivity index (χ4v) is 3.08. The second-order valence-corrected chi connectivity index (χ2v) is 7.34. The number of aryl methyl sites for hydroxylation is 1. The van der Waals surface area contributed by atoms with Gasteiger partial charge in [0.15, 0.2) is 10.6 Å². The number of carbonyl (C=O) groups excluding carboxylic acids is 1. The van der Waals surface area contributed by atoms with Gasteiger partial charge in [-0.05, 0) is 42.8 Å². The fraction of sp³-hybridized carbons (Fsp3) is 0.286. The highest BCUT2D eigenvalue weighted by atomic mass is 32.1. The van der Waals surface area contributed by atoms with E-state index in [-0.39, 0.29) is 5.91 Å². The molecule has 0 fully saturated rings. The van der Waals surface area contributed by atoms with Crippen molar-refractivity contribution in [3.8, 4) is 11.4 Å². The topological polar surface area (TPSA) is 62.7 Å². The van der Waals surface area contributed by atoms with Crippen LogP contribution in [0, 0.1) is 11.7 Å². The Morgan fingerprint density at radius 2 is 1.96 bits per heavy atom. The number of anilines is 1. The molecule has 0 aliphatic rings. The molecule has 5 nitrogen and oxygen atoms in total. The summed E-state index contributed by atoms with van der Waals surface area (Å²) in [5, 5.41) is 10.1. The number of H-pyrrole nitrogens is 1. The Kier molecular flexibility index (Phi) is 5.86. The van der Waals surface area contributed by atoms with E-state index in [1.807, 2.05) is 54.0 Å². The van der Waals surface area contributed by atoms with E-state index in [0.717, 1.165) is 17.1 Å². The van der Waals surface area contributed by atoms with E-state index in [0.29, 0.717) is 23.7 Å². The lowest BCUT2D eigenvalue weighted by atomic mass is 10.0. The maximum Gasteiger partial charge on any atom is 0.226 e. The van der Waals surface area contributed by atoms with Gasteiger partial charge in [0.1, 0.15) is 0 Å². The predicted octanol–water partition coefficient (Wildman–Crippen LogP) is 5.07. The van der Waals surface area contributed by atoms with Gasteiger partial charge in [0, 0.05) is 24.2 Å². The Labute approximate surface area is 164 Å². The number of nitrogens with one attached hydrogen (secondary N) is 2. The molecule has 3 aromatic rings. The molecule has 1 heterocycles. The fourth-order valence-electron chi connectivity index (χ4n) is 2.86. The first-order chi connectivity index (χ1) is 12.9. The second-order valence-electron chi connectivity index (χ2n) is 6.95. The van der Waals surface area contributed by atoms with Crippen LogP contribution in [-0.4, -0.2) is 20.7 Å². The van der Waals surface area contributed by atoms with Gasteiger partial charge >= 0.3 is 0 Å². The number of aromatic nitrogens is 3. The van der Waals surface area contributed by atoms with E-state index in [4.69, 9.17) is 12.2 Å². The van der Waals surface area contributed by atoms with Crippen molar-refractivity contribution in [2.24, 2.45) is 0 Å². The van der Waals surface area contributed by atoms with Crippen molar-refractivity contribution in [3.05, 3.63) is 64.4 Å². The van der Waals surface area contributed by atoms with Gasteiger partial charge in [0.2, 0.25) is 5.91 Å². The smallest absolute Gasteiger partial charge is 0.226 e. The summed E-state index contributed by atoms with van der Waals surface area (Å²) in [5.41, 5.74) is 4.17. The molecule has 0 aliphatic heterocycles. The van der Waals surface area contributed by atoms with Crippen molar-refractivity contribution in [2.75, 3.05) is 5.32 Å². The van der Waals surface area contributed by atoms with Crippen LogP contribution >= 0.6 is 12.2 Å². The summed E-state index contributed by atoms with van der Waals surface area (Å²) in [7, 11) is 0. The standard InChI is InChI=1S/C21H24N4OS/c1-14(2)17-5-4-6-18(13-17)22-19(26)11-12-25-20(23-24-21(25)27)16-9-7-15(3)8-10-16/h4-10,13-14H,11-12H2,1-3H3,(H,22,26)(H,24,27). The minimum absolute atomic E-state index is 0.0473. The normalized spacial score (nSPS) is 11.0. The Bertz CT molecular complexity index is 986. The van der Waals surface area contributed by atoms with E-state index >= 15 is 0 Å². The SMILES string of the molecule is Cc1ccc(-c2n[nH]c(=S)n2CCC(=O)Nc2cccc(C(C)C)c2)cc1. The maximum atomic E-state index is 12.4. The molecular weight excluding hydrogens is 356 g/mol. The first kappa shape index (κ1) is 19.0. The Morgan fingerprint density at radius 3 is 2.67 bits per heavy atom. The predicted molar refractivity (Wildman–Crippen MR) is 111 cm³/mol. The highest BCUT2D eigenvalue weighted by Gasteiger charge is 2.11. The number of aromatic amines is 1. The summed E-state index contributed by atoms with van der Waals surface area (Å²) in [6.07, 6.45) is 0.318. The van der Waals surface area contributed by atoms with Crippen LogP contribution in [0.3, 0.4) is 0 Å². The molecule has 0 spiro atoms. The number of nitrogens with zero attached hydrogens (tertiary/aromatic N) is 2. The van der Waals surface area contributed by atoms with Crippen LogP contribution < -0.4 is 5.32 Å². The van der Waals surface area contributed by atoms with Gasteiger partial charge in [0.25, 0.3) is 0 Å². The summed E-state index contributed by atoms with van der Waals surface area (Å²) in [6.45, 7) is 6.77. The molecule has 2 N–H and O–H groups in total. The van der Waals surface area contributed by atoms with Crippen molar-refractivity contribution < 1.29 is 4.79 Å². The lowest BCUT2D eigenvalue weighted by molar-refractivity contribution is -0.116. The molecule has 0 bridgehead atoms. The minimum atomic E-state index is -0.0473. The van der Waals surface area contributed by atoms with Gasteiger partial charge in [-0.3, -0.25) is 14.5 Å². The quantitative estimate of drug-likeness (QED) is 0.587. The van der Waals surface area contributed by atoms with Crippen LogP contribution in [0.25, 0.3) is 11.4 Å². The number of benzene rings is 2. The van der Waals surface area contributed by atoms with Crippen LogP contribution in [0.5, 0.6) is 0 Å². The van der Waals surface area contributed by atoms with E-state index in [1.165, 1.54) is 11.1 Å². The molecular formula is C21H24N4OS. The molecule has 0 atom stereocenters. The number of hydrogen-bond acceptors (Lipinski definition) is 3. The zero-order valence-electron chi connectivity index (χ0n) is 15.8. The molecule has 0 saturated carbocycles. The minimum Gasteiger partial charge on any atom is -0.326 e. The van der Waals surface area contributed by atoms with Crippen LogP contribution in [0.15, 0.2) is 48.5 Å². The molecule has 2 aromatic carbocycles. The zero-order chi connectivity index (χ0) is 19.4. The third-order valence-electron chi connectivity index (χ3n) is 4.47. The van der Waals surface area contributed by atoms with Crippen molar-refractivity contribution >= 4 is 23.8 Å². The zero-order valence-corrected chi connectivity index (χ0v) is 16.6. The largest absolute Gasteiger partial charge is 0.326 e. The summed E-state index contributed by atoms with van der Waals surface area (Å²) < 4.78 is 2.38. The monoisotopic (exact) mass is 380 g/mol. The lowest BCUT2D eigenvalue weighted by Crippen LogP contribution is -2.15.